The summed E-state index contributed by atoms with van der Waals surface area (Å²) in [4.78, 5) is 13.3. The molecule has 0 amide bonds. The quantitative estimate of drug-likeness (QED) is 0.119. The van der Waals surface area contributed by atoms with Crippen molar-refractivity contribution in [2.24, 2.45) is 0 Å². The van der Waals surface area contributed by atoms with E-state index in [9.17, 15) is 9.90 Å². The van der Waals surface area contributed by atoms with E-state index in [1.165, 1.54) is 132 Å². The van der Waals surface area contributed by atoms with E-state index < -0.39 is 5.97 Å². The molecule has 202 valence electrons. The maximum Gasteiger partial charge on any atom is 0.336 e. The Bertz CT molecular complexity index is 683. The van der Waals surface area contributed by atoms with Crippen LogP contribution >= 0.6 is 11.8 Å². The van der Waals surface area contributed by atoms with Gasteiger partial charge in [-0.25, -0.2) is 4.79 Å². The predicted octanol–water partition coefficient (Wildman–Crippen LogP) is 10.8. The number of rotatable bonds is 23. The van der Waals surface area contributed by atoms with Gasteiger partial charge in [-0.05, 0) is 67.5 Å². The molecule has 0 aliphatic heterocycles. The van der Waals surface area contributed by atoms with E-state index in [0.717, 1.165) is 24.2 Å². The Hall–Kier alpha value is -0.960. The summed E-state index contributed by atoms with van der Waals surface area (Å²) in [5.41, 5.74) is 4.77. The lowest BCUT2D eigenvalue weighted by molar-refractivity contribution is 0.0692. The first kappa shape index (κ1) is 32.1. The molecule has 2 nitrogen and oxygen atoms in total. The van der Waals surface area contributed by atoms with Crippen LogP contribution in [0.2, 0.25) is 0 Å². The molecule has 0 aliphatic rings. The van der Waals surface area contributed by atoms with Gasteiger partial charge in [0.15, 0.2) is 0 Å². The lowest BCUT2D eigenvalue weighted by Crippen LogP contribution is -2.10. The number of unbranched alkanes of at least 4 members (excludes halogenated alkanes) is 15. The van der Waals surface area contributed by atoms with E-state index in [4.69, 9.17) is 0 Å². The molecule has 0 unspecified atom stereocenters. The van der Waals surface area contributed by atoms with E-state index in [2.05, 4.69) is 33.1 Å². The lowest BCUT2D eigenvalue weighted by atomic mass is 9.88. The summed E-state index contributed by atoms with van der Waals surface area (Å²) in [6.07, 6.45) is 28.5. The van der Waals surface area contributed by atoms with Gasteiger partial charge >= 0.3 is 5.97 Å². The summed E-state index contributed by atoms with van der Waals surface area (Å²) in [5, 5.41) is 10.1. The van der Waals surface area contributed by atoms with Crippen molar-refractivity contribution in [2.75, 3.05) is 6.26 Å². The van der Waals surface area contributed by atoms with Crippen molar-refractivity contribution in [2.45, 2.75) is 161 Å². The van der Waals surface area contributed by atoms with Gasteiger partial charge in [0, 0.05) is 4.90 Å². The van der Waals surface area contributed by atoms with Crippen LogP contribution < -0.4 is 0 Å². The van der Waals surface area contributed by atoms with Crippen molar-refractivity contribution < 1.29 is 9.90 Å². The molecule has 0 saturated carbocycles. The molecule has 0 bridgehead atoms. The van der Waals surface area contributed by atoms with Crippen molar-refractivity contribution in [3.05, 3.63) is 28.3 Å². The highest BCUT2D eigenvalue weighted by molar-refractivity contribution is 7.98. The number of hydrogen-bond acceptors (Lipinski definition) is 2. The summed E-state index contributed by atoms with van der Waals surface area (Å²) < 4.78 is 0. The summed E-state index contributed by atoms with van der Waals surface area (Å²) in [7, 11) is 0. The standard InChI is InChI=1S/C32H56O2S/c1-5-8-11-14-17-20-23-27-26-30(32(33)34)31(35-4)29(25-22-19-16-13-10-7-3)28(27)24-21-18-15-12-9-6-2/h26H,5-25H2,1-4H3,(H,33,34). The largest absolute Gasteiger partial charge is 0.478 e. The van der Waals surface area contributed by atoms with Gasteiger partial charge in [-0.3, -0.25) is 0 Å². The average Bonchev–Trinajstić information content (AvgIpc) is 2.85. The molecule has 0 heterocycles. The number of thioether (sulfide) groups is 1. The molecule has 1 rings (SSSR count). The van der Waals surface area contributed by atoms with Crippen LogP contribution in [0, 0.1) is 0 Å². The van der Waals surface area contributed by atoms with Crippen LogP contribution in [0.15, 0.2) is 11.0 Å². The fraction of sp³-hybridized carbons (Fsp3) is 0.781. The average molecular weight is 505 g/mol. The zero-order chi connectivity index (χ0) is 25.7. The minimum Gasteiger partial charge on any atom is -0.478 e. The zero-order valence-electron chi connectivity index (χ0n) is 23.7. The Morgan fingerprint density at radius 1 is 0.629 bits per heavy atom. The second-order valence-electron chi connectivity index (χ2n) is 10.4. The van der Waals surface area contributed by atoms with Crippen LogP contribution in [0.3, 0.4) is 0 Å². The first-order valence-electron chi connectivity index (χ1n) is 15.0. The summed E-state index contributed by atoms with van der Waals surface area (Å²) >= 11 is 1.65. The number of aromatic carboxylic acids is 1. The van der Waals surface area contributed by atoms with Crippen molar-refractivity contribution >= 4 is 17.7 Å². The molecule has 0 aliphatic carbocycles. The van der Waals surface area contributed by atoms with Crippen LogP contribution in [-0.2, 0) is 19.3 Å². The molecule has 0 spiro atoms. The molecule has 1 N–H and O–H groups in total. The van der Waals surface area contributed by atoms with Crippen molar-refractivity contribution in [1.29, 1.82) is 0 Å². The molecule has 0 atom stereocenters. The molecule has 3 heteroatoms. The van der Waals surface area contributed by atoms with Gasteiger partial charge in [0.05, 0.1) is 5.56 Å². The molecule has 35 heavy (non-hydrogen) atoms. The number of carboxylic acid groups (broad SMARTS) is 1. The second-order valence-corrected chi connectivity index (χ2v) is 11.2. The van der Waals surface area contributed by atoms with Crippen LogP contribution in [0.5, 0.6) is 0 Å². The first-order valence-corrected chi connectivity index (χ1v) is 16.3. The van der Waals surface area contributed by atoms with Crippen LogP contribution in [0.1, 0.15) is 163 Å². The molecule has 0 aromatic heterocycles. The Morgan fingerprint density at radius 3 is 1.46 bits per heavy atom. The minimum absolute atomic E-state index is 0.547. The van der Waals surface area contributed by atoms with Gasteiger partial charge in [-0.15, -0.1) is 11.8 Å². The van der Waals surface area contributed by atoms with E-state index >= 15 is 0 Å². The first-order chi connectivity index (χ1) is 17.1. The van der Waals surface area contributed by atoms with Gasteiger partial charge in [-0.2, -0.15) is 0 Å². The maximum atomic E-state index is 12.2. The highest BCUT2D eigenvalue weighted by atomic mass is 32.2. The van der Waals surface area contributed by atoms with E-state index in [-0.39, 0.29) is 0 Å². The lowest BCUT2D eigenvalue weighted by Gasteiger charge is -2.21. The monoisotopic (exact) mass is 504 g/mol. The van der Waals surface area contributed by atoms with Gasteiger partial charge in [0.2, 0.25) is 0 Å². The fourth-order valence-corrected chi connectivity index (χ4v) is 6.11. The van der Waals surface area contributed by atoms with Crippen LogP contribution in [0.25, 0.3) is 0 Å². The Balaban J connectivity index is 3.06. The molecule has 0 fully saturated rings. The molecule has 1 aromatic rings. The Morgan fingerprint density at radius 2 is 1.03 bits per heavy atom. The van der Waals surface area contributed by atoms with Crippen molar-refractivity contribution in [3.8, 4) is 0 Å². The van der Waals surface area contributed by atoms with E-state index in [0.29, 0.717) is 5.56 Å². The van der Waals surface area contributed by atoms with Crippen molar-refractivity contribution in [3.63, 3.8) is 0 Å². The normalized spacial score (nSPS) is 11.3. The van der Waals surface area contributed by atoms with E-state index in [1.807, 2.05) is 0 Å². The topological polar surface area (TPSA) is 37.3 Å². The van der Waals surface area contributed by atoms with Gasteiger partial charge in [0.1, 0.15) is 0 Å². The Kier molecular flexibility index (Phi) is 19.4. The third-order valence-electron chi connectivity index (χ3n) is 7.38. The summed E-state index contributed by atoms with van der Waals surface area (Å²) in [5.74, 6) is -0.756. The third-order valence-corrected chi connectivity index (χ3v) is 8.26. The van der Waals surface area contributed by atoms with Crippen molar-refractivity contribution in [1.82, 2.24) is 0 Å². The summed E-state index contributed by atoms with van der Waals surface area (Å²) in [6.45, 7) is 6.81. The second kappa shape index (κ2) is 21.2. The zero-order valence-corrected chi connectivity index (χ0v) is 24.5. The SMILES string of the molecule is CCCCCCCCc1cc(C(=O)O)c(SC)c(CCCCCCCC)c1CCCCCCCC. The number of aryl methyl sites for hydroxylation is 1. The molecule has 1 aromatic carbocycles. The van der Waals surface area contributed by atoms with Gasteiger partial charge in [-0.1, -0.05) is 117 Å². The van der Waals surface area contributed by atoms with Crippen LogP contribution in [-0.4, -0.2) is 17.3 Å². The van der Waals surface area contributed by atoms with E-state index in [1.54, 1.807) is 11.8 Å². The highest BCUT2D eigenvalue weighted by Gasteiger charge is 2.20. The third kappa shape index (κ3) is 13.2. The molecular formula is C32H56O2S. The Labute approximate surface area is 222 Å². The smallest absolute Gasteiger partial charge is 0.336 e. The number of carbonyl (C=O) groups is 1. The predicted molar refractivity (Wildman–Crippen MR) is 156 cm³/mol. The molecule has 0 saturated heterocycles. The highest BCUT2D eigenvalue weighted by Crippen LogP contribution is 2.34. The fourth-order valence-electron chi connectivity index (χ4n) is 5.27. The molecule has 0 radical (unpaired) electrons. The molecular weight excluding hydrogens is 448 g/mol. The number of benzene rings is 1. The maximum absolute atomic E-state index is 12.2. The number of carboxylic acids is 1. The van der Waals surface area contributed by atoms with Gasteiger partial charge < -0.3 is 5.11 Å². The van der Waals surface area contributed by atoms with Gasteiger partial charge in [0.25, 0.3) is 0 Å². The number of hydrogen-bond donors (Lipinski definition) is 1. The minimum atomic E-state index is -0.756. The summed E-state index contributed by atoms with van der Waals surface area (Å²) in [6, 6.07) is 2.05. The van der Waals surface area contributed by atoms with Crippen LogP contribution in [0.4, 0.5) is 0 Å².